The van der Waals surface area contributed by atoms with Gasteiger partial charge in [0.15, 0.2) is 5.44 Å². The van der Waals surface area contributed by atoms with E-state index >= 15 is 0 Å². The molecule has 3 atom stereocenters. The Labute approximate surface area is 251 Å². The van der Waals surface area contributed by atoms with Crippen molar-refractivity contribution in [1.82, 2.24) is 0 Å². The molecule has 0 aliphatic carbocycles. The average molecular weight is 635 g/mol. The smallest absolute Gasteiger partial charge is 0.331 e. The number of carbonyl (C=O) groups is 4. The van der Waals surface area contributed by atoms with Crippen LogP contribution in [0.5, 0.6) is 11.5 Å². The molecule has 0 spiro atoms. The average Bonchev–Trinajstić information content (AvgIpc) is 2.91. The van der Waals surface area contributed by atoms with Crippen LogP contribution in [0, 0.1) is 0 Å². The summed E-state index contributed by atoms with van der Waals surface area (Å²) in [5, 5.41) is 17.4. The Bertz CT molecular complexity index is 1000. The maximum Gasteiger partial charge on any atom is 0.331 e. The van der Waals surface area contributed by atoms with E-state index in [2.05, 4.69) is 0 Å². The Morgan fingerprint density at radius 1 is 0.850 bits per heavy atom. The molecule has 0 fully saturated rings. The minimum Gasteiger partial charge on any atom is -0.490 e. The molecule has 3 unspecified atom stereocenters. The fourth-order valence-corrected chi connectivity index (χ4v) is 6.23. The molecule has 1 aromatic carbocycles. The van der Waals surface area contributed by atoms with Gasteiger partial charge in [-0.15, -0.1) is 11.8 Å². The van der Waals surface area contributed by atoms with Crippen LogP contribution in [0.25, 0.3) is 0 Å². The number of carboxylic acid groups (broad SMARTS) is 2. The summed E-state index contributed by atoms with van der Waals surface area (Å²) in [5.41, 5.74) is -0.577. The van der Waals surface area contributed by atoms with Crippen molar-refractivity contribution in [3.8, 4) is 11.5 Å². The number of carboxylic acids is 2. The highest BCUT2D eigenvalue weighted by Gasteiger charge is 2.23. The Hall–Kier alpha value is -2.42. The minimum absolute atomic E-state index is 0.0399. The Morgan fingerprint density at radius 2 is 1.45 bits per heavy atom. The van der Waals surface area contributed by atoms with Crippen LogP contribution in [0.15, 0.2) is 48.6 Å². The molecule has 0 aliphatic heterocycles. The van der Waals surface area contributed by atoms with Crippen LogP contribution in [-0.4, -0.2) is 99.6 Å². The van der Waals surface area contributed by atoms with Gasteiger partial charge in [0.25, 0.3) is 0 Å². The van der Waals surface area contributed by atoms with E-state index in [1.54, 1.807) is 66.5 Å². The van der Waals surface area contributed by atoms with Crippen LogP contribution in [0.3, 0.4) is 0 Å². The fourth-order valence-electron chi connectivity index (χ4n) is 2.71. The number of hydrogen-bond donors (Lipinski definition) is 2. The van der Waals surface area contributed by atoms with E-state index < -0.39 is 41.5 Å². The molecule has 0 saturated heterocycles. The first-order valence-corrected chi connectivity index (χ1v) is 16.9. The van der Waals surface area contributed by atoms with Crippen molar-refractivity contribution < 1.29 is 48.3 Å². The minimum atomic E-state index is -1.25. The van der Waals surface area contributed by atoms with Crippen LogP contribution < -0.4 is 9.47 Å². The highest BCUT2D eigenvalue weighted by Crippen LogP contribution is 2.27. The van der Waals surface area contributed by atoms with Crippen LogP contribution in [0.1, 0.15) is 6.92 Å². The summed E-state index contributed by atoms with van der Waals surface area (Å²) in [4.78, 5) is 45.3. The van der Waals surface area contributed by atoms with E-state index in [0.717, 1.165) is 41.2 Å². The van der Waals surface area contributed by atoms with Crippen LogP contribution in [0.4, 0.5) is 0 Å². The summed E-state index contributed by atoms with van der Waals surface area (Å²) in [6, 6.07) is 6.82. The molecule has 40 heavy (non-hydrogen) atoms. The first kappa shape index (κ1) is 35.6. The first-order valence-electron chi connectivity index (χ1n) is 11.9. The van der Waals surface area contributed by atoms with Gasteiger partial charge >= 0.3 is 23.9 Å². The van der Waals surface area contributed by atoms with Crippen molar-refractivity contribution in [1.29, 1.82) is 0 Å². The lowest BCUT2D eigenvalue weighted by atomic mass is 10.3. The molecule has 0 amide bonds. The molecule has 2 N–H and O–H groups in total. The van der Waals surface area contributed by atoms with Crippen molar-refractivity contribution in [2.24, 2.45) is 0 Å². The third kappa shape index (κ3) is 17.3. The topological polar surface area (TPSA) is 146 Å². The Kier molecular flexibility index (Phi) is 19.0. The quantitative estimate of drug-likeness (QED) is 0.0866. The number of benzene rings is 1. The number of thioether (sulfide) groups is 4. The lowest BCUT2D eigenvalue weighted by Gasteiger charge is -2.24. The highest BCUT2D eigenvalue weighted by atomic mass is 32.2. The zero-order chi connectivity index (χ0) is 29.8. The van der Waals surface area contributed by atoms with Crippen molar-refractivity contribution in [3.05, 3.63) is 48.6 Å². The highest BCUT2D eigenvalue weighted by molar-refractivity contribution is 8.03. The number of aliphatic carboxylic acids is 2. The number of ether oxygens (including phenoxy) is 4. The zero-order valence-corrected chi connectivity index (χ0v) is 25.7. The molecule has 10 nitrogen and oxygen atoms in total. The van der Waals surface area contributed by atoms with Crippen molar-refractivity contribution in [2.75, 3.05) is 47.9 Å². The summed E-state index contributed by atoms with van der Waals surface area (Å²) in [5.74, 6) is 0.680. The summed E-state index contributed by atoms with van der Waals surface area (Å²) >= 11 is 6.41. The molecule has 1 aromatic rings. The van der Waals surface area contributed by atoms with Gasteiger partial charge in [0.2, 0.25) is 0 Å². The van der Waals surface area contributed by atoms with Gasteiger partial charge in [-0.3, -0.25) is 0 Å². The van der Waals surface area contributed by atoms with E-state index in [1.165, 1.54) is 11.8 Å². The molecule has 1 rings (SSSR count). The van der Waals surface area contributed by atoms with E-state index in [-0.39, 0.29) is 6.61 Å². The van der Waals surface area contributed by atoms with Crippen molar-refractivity contribution in [3.63, 3.8) is 0 Å². The predicted octanol–water partition coefficient (Wildman–Crippen LogP) is 4.09. The van der Waals surface area contributed by atoms with Gasteiger partial charge in [-0.05, 0) is 31.6 Å². The lowest BCUT2D eigenvalue weighted by Crippen LogP contribution is -2.31. The standard InChI is InChI=1S/C26H34O10S4/c1-18(34-24(31)9-7-22(27)28)26(40-14-12-38-3)36-20-6-4-5-19(15-20)33-16-21(17-39-13-11-37-2)35-25(32)10-8-23(29)30/h4-10,15,18,21,26H,11-14,16-17H2,1-3H3,(H,27,28)(H,29,30). The monoisotopic (exact) mass is 634 g/mol. The molecule has 0 bridgehead atoms. The van der Waals surface area contributed by atoms with Gasteiger partial charge in [-0.25, -0.2) is 19.2 Å². The summed E-state index contributed by atoms with van der Waals surface area (Å²) in [6.45, 7) is 1.70. The molecule has 0 aliphatic rings. The fraction of sp³-hybridized carbons (Fsp3) is 0.462. The molecule has 0 saturated carbocycles. The van der Waals surface area contributed by atoms with Crippen molar-refractivity contribution in [2.45, 2.75) is 24.6 Å². The van der Waals surface area contributed by atoms with E-state index in [9.17, 15) is 19.2 Å². The maximum atomic E-state index is 12.0. The van der Waals surface area contributed by atoms with Gasteiger partial charge in [0.05, 0.1) is 0 Å². The predicted molar refractivity (Wildman–Crippen MR) is 162 cm³/mol. The largest absolute Gasteiger partial charge is 0.490 e. The van der Waals surface area contributed by atoms with Gasteiger partial charge in [-0.2, -0.15) is 35.3 Å². The van der Waals surface area contributed by atoms with Crippen LogP contribution in [-0.2, 0) is 28.7 Å². The van der Waals surface area contributed by atoms with E-state index in [0.29, 0.717) is 23.3 Å². The molecule has 14 heteroatoms. The van der Waals surface area contributed by atoms with Crippen LogP contribution >= 0.6 is 47.0 Å². The van der Waals surface area contributed by atoms with E-state index in [4.69, 9.17) is 29.2 Å². The third-order valence-electron chi connectivity index (χ3n) is 4.49. The molecular weight excluding hydrogens is 601 g/mol. The van der Waals surface area contributed by atoms with Gasteiger partial charge < -0.3 is 29.2 Å². The third-order valence-corrected chi connectivity index (χ3v) is 8.58. The Morgan fingerprint density at radius 3 is 2.08 bits per heavy atom. The maximum absolute atomic E-state index is 12.0. The Balaban J connectivity index is 2.89. The normalized spacial score (nSPS) is 13.5. The zero-order valence-electron chi connectivity index (χ0n) is 22.4. The van der Waals surface area contributed by atoms with Gasteiger partial charge in [0, 0.05) is 59.1 Å². The van der Waals surface area contributed by atoms with Crippen LogP contribution in [0.2, 0.25) is 0 Å². The molecule has 0 radical (unpaired) electrons. The summed E-state index contributed by atoms with van der Waals surface area (Å²) < 4.78 is 22.7. The summed E-state index contributed by atoms with van der Waals surface area (Å²) in [6.07, 6.45) is 5.80. The van der Waals surface area contributed by atoms with Gasteiger partial charge in [-0.1, -0.05) is 6.07 Å². The second-order valence-corrected chi connectivity index (χ2v) is 12.1. The number of esters is 2. The number of carbonyl (C=O) groups excluding carboxylic acids is 2. The molecule has 0 heterocycles. The van der Waals surface area contributed by atoms with Gasteiger partial charge in [0.1, 0.15) is 30.3 Å². The summed E-state index contributed by atoms with van der Waals surface area (Å²) in [7, 11) is 0. The lowest BCUT2D eigenvalue weighted by molar-refractivity contribution is -0.145. The molecule has 222 valence electrons. The van der Waals surface area contributed by atoms with E-state index in [1.807, 2.05) is 12.5 Å². The molecular formula is C26H34O10S4. The molecule has 0 aromatic heterocycles. The van der Waals surface area contributed by atoms with Crippen molar-refractivity contribution >= 4 is 70.9 Å². The first-order chi connectivity index (χ1) is 19.1. The second kappa shape index (κ2) is 21.3. The second-order valence-electron chi connectivity index (χ2n) is 7.75. The SMILES string of the molecule is CSCCSCC(COc1cccc(OC(SCCSC)C(C)OC(=O)C=CC(=O)O)c1)OC(=O)C=CC(=O)O. The number of hydrogen-bond acceptors (Lipinski definition) is 12. The number of rotatable bonds is 21.